The average Bonchev–Trinajstić information content (AvgIpc) is 3.03. The van der Waals surface area contributed by atoms with Crippen LogP contribution in [0.4, 0.5) is 14.5 Å². The first-order valence-electron chi connectivity index (χ1n) is 8.09. The summed E-state index contributed by atoms with van der Waals surface area (Å²) in [4.78, 5) is 19.0. The van der Waals surface area contributed by atoms with Gasteiger partial charge in [0.1, 0.15) is 11.3 Å². The number of aryl methyl sites for hydroxylation is 2. The highest BCUT2D eigenvalue weighted by molar-refractivity contribution is 6.10. The molecule has 3 aromatic rings. The molecule has 1 aromatic carbocycles. The van der Waals surface area contributed by atoms with Gasteiger partial charge in [0.15, 0.2) is 5.65 Å². The lowest BCUT2D eigenvalue weighted by Crippen LogP contribution is -2.35. The number of rotatable bonds is 2. The first-order valence-corrected chi connectivity index (χ1v) is 8.09. The molecule has 0 bridgehead atoms. The molecule has 0 saturated heterocycles. The Morgan fingerprint density at radius 2 is 2.08 bits per heavy atom. The molecule has 128 valence electrons. The average molecular weight is 342 g/mol. The standard InChI is InChI=1S/C18H16F2N4O/c1-11-9-15(16(19)20)24-17(22-11)13(10-21-24)18(25)23-8-4-6-12-5-2-3-7-14(12)23/h2-3,5,7,9-10,16H,4,6,8H2,1H3. The molecule has 0 atom stereocenters. The fraction of sp³-hybridized carbons (Fsp3) is 0.278. The summed E-state index contributed by atoms with van der Waals surface area (Å²) < 4.78 is 27.6. The lowest BCUT2D eigenvalue weighted by atomic mass is 10.0. The van der Waals surface area contributed by atoms with Crippen LogP contribution in [-0.4, -0.2) is 27.0 Å². The van der Waals surface area contributed by atoms with E-state index in [1.807, 2.05) is 24.3 Å². The Balaban J connectivity index is 1.82. The number of hydrogen-bond donors (Lipinski definition) is 0. The predicted molar refractivity (Wildman–Crippen MR) is 89.1 cm³/mol. The zero-order valence-corrected chi connectivity index (χ0v) is 13.6. The van der Waals surface area contributed by atoms with Gasteiger partial charge in [0.2, 0.25) is 0 Å². The minimum Gasteiger partial charge on any atom is -0.308 e. The fourth-order valence-corrected chi connectivity index (χ4v) is 3.31. The molecule has 0 saturated carbocycles. The quantitative estimate of drug-likeness (QED) is 0.715. The van der Waals surface area contributed by atoms with Gasteiger partial charge in [-0.1, -0.05) is 18.2 Å². The Morgan fingerprint density at radius 3 is 2.88 bits per heavy atom. The van der Waals surface area contributed by atoms with Crippen LogP contribution in [0.1, 0.15) is 40.2 Å². The number of benzene rings is 1. The van der Waals surface area contributed by atoms with Gasteiger partial charge in [-0.05, 0) is 37.5 Å². The van der Waals surface area contributed by atoms with Crippen molar-refractivity contribution in [2.24, 2.45) is 0 Å². The van der Waals surface area contributed by atoms with Crippen LogP contribution in [0.2, 0.25) is 0 Å². The molecule has 7 heteroatoms. The van der Waals surface area contributed by atoms with Crippen LogP contribution in [0.5, 0.6) is 0 Å². The largest absolute Gasteiger partial charge is 0.308 e. The minimum absolute atomic E-state index is 0.170. The van der Waals surface area contributed by atoms with Gasteiger partial charge in [0.05, 0.1) is 6.20 Å². The summed E-state index contributed by atoms with van der Waals surface area (Å²) >= 11 is 0. The number of amides is 1. The summed E-state index contributed by atoms with van der Waals surface area (Å²) in [6.45, 7) is 2.21. The van der Waals surface area contributed by atoms with Gasteiger partial charge in [-0.2, -0.15) is 5.10 Å². The van der Waals surface area contributed by atoms with Gasteiger partial charge >= 0.3 is 0 Å². The minimum atomic E-state index is -2.69. The molecular formula is C18H16F2N4O. The van der Waals surface area contributed by atoms with E-state index < -0.39 is 6.43 Å². The van der Waals surface area contributed by atoms with Crippen molar-refractivity contribution in [2.75, 3.05) is 11.4 Å². The van der Waals surface area contributed by atoms with Crippen molar-refractivity contribution in [3.05, 3.63) is 59.0 Å². The van der Waals surface area contributed by atoms with Gasteiger partial charge in [-0.25, -0.2) is 18.3 Å². The first kappa shape index (κ1) is 15.7. The van der Waals surface area contributed by atoms with E-state index in [9.17, 15) is 13.6 Å². The van der Waals surface area contributed by atoms with Crippen LogP contribution in [0.3, 0.4) is 0 Å². The molecule has 1 amide bonds. The van der Waals surface area contributed by atoms with Crippen LogP contribution < -0.4 is 4.90 Å². The third-order valence-electron chi connectivity index (χ3n) is 4.44. The van der Waals surface area contributed by atoms with Crippen molar-refractivity contribution in [1.82, 2.24) is 14.6 Å². The van der Waals surface area contributed by atoms with Gasteiger partial charge in [-0.15, -0.1) is 0 Å². The van der Waals surface area contributed by atoms with Crippen molar-refractivity contribution in [1.29, 1.82) is 0 Å². The molecule has 0 aliphatic carbocycles. The Hall–Kier alpha value is -2.83. The zero-order chi connectivity index (χ0) is 17.6. The number of hydrogen-bond acceptors (Lipinski definition) is 3. The van der Waals surface area contributed by atoms with E-state index in [0.29, 0.717) is 12.2 Å². The van der Waals surface area contributed by atoms with Crippen LogP contribution >= 0.6 is 0 Å². The van der Waals surface area contributed by atoms with E-state index in [-0.39, 0.29) is 22.8 Å². The van der Waals surface area contributed by atoms with E-state index in [4.69, 9.17) is 0 Å². The molecule has 0 fully saturated rings. The summed E-state index contributed by atoms with van der Waals surface area (Å²) in [6.07, 6.45) is 0.411. The molecule has 0 N–H and O–H groups in total. The van der Waals surface area contributed by atoms with Crippen molar-refractivity contribution in [3.63, 3.8) is 0 Å². The second kappa shape index (κ2) is 5.91. The maximum atomic E-state index is 13.3. The van der Waals surface area contributed by atoms with Gasteiger partial charge in [0.25, 0.3) is 12.3 Å². The highest BCUT2D eigenvalue weighted by Gasteiger charge is 2.27. The molecule has 2 aromatic heterocycles. The molecule has 0 spiro atoms. The SMILES string of the molecule is Cc1cc(C(F)F)n2ncc(C(=O)N3CCCc4ccccc43)c2n1. The van der Waals surface area contributed by atoms with Crippen LogP contribution in [0, 0.1) is 6.92 Å². The second-order valence-corrected chi connectivity index (χ2v) is 6.11. The van der Waals surface area contributed by atoms with Gasteiger partial charge in [0, 0.05) is 17.9 Å². The number of nitrogens with zero attached hydrogens (tertiary/aromatic N) is 4. The van der Waals surface area contributed by atoms with Crippen molar-refractivity contribution in [2.45, 2.75) is 26.2 Å². The monoisotopic (exact) mass is 342 g/mol. The van der Waals surface area contributed by atoms with E-state index in [1.54, 1.807) is 11.8 Å². The number of fused-ring (bicyclic) bond motifs is 2. The summed E-state index contributed by atoms with van der Waals surface area (Å²) in [5.74, 6) is -0.263. The highest BCUT2D eigenvalue weighted by atomic mass is 19.3. The number of carbonyl (C=O) groups excluding carboxylic acids is 1. The normalized spacial score (nSPS) is 14.2. The number of aromatic nitrogens is 3. The van der Waals surface area contributed by atoms with Crippen molar-refractivity contribution in [3.8, 4) is 0 Å². The van der Waals surface area contributed by atoms with Crippen molar-refractivity contribution < 1.29 is 13.6 Å². The lowest BCUT2D eigenvalue weighted by molar-refractivity contribution is 0.0986. The maximum Gasteiger partial charge on any atom is 0.280 e. The number of para-hydroxylation sites is 1. The Kier molecular flexibility index (Phi) is 3.71. The molecule has 1 aliphatic heterocycles. The molecular weight excluding hydrogens is 326 g/mol. The molecule has 3 heterocycles. The van der Waals surface area contributed by atoms with Crippen LogP contribution in [0.15, 0.2) is 36.5 Å². The summed E-state index contributed by atoms with van der Waals surface area (Å²) in [6, 6.07) is 9.03. The molecule has 0 radical (unpaired) electrons. The highest BCUT2D eigenvalue weighted by Crippen LogP contribution is 2.29. The van der Waals surface area contributed by atoms with Crippen molar-refractivity contribution >= 4 is 17.2 Å². The Bertz CT molecular complexity index is 967. The molecule has 25 heavy (non-hydrogen) atoms. The first-order chi connectivity index (χ1) is 12.1. The van der Waals surface area contributed by atoms with E-state index in [1.165, 1.54) is 12.3 Å². The summed E-state index contributed by atoms with van der Waals surface area (Å²) in [5, 5.41) is 3.98. The molecule has 5 nitrogen and oxygen atoms in total. The third-order valence-corrected chi connectivity index (χ3v) is 4.44. The predicted octanol–water partition coefficient (Wildman–Crippen LogP) is 3.57. The number of anilines is 1. The smallest absolute Gasteiger partial charge is 0.280 e. The lowest BCUT2D eigenvalue weighted by Gasteiger charge is -2.29. The maximum absolute atomic E-state index is 13.3. The Labute approximate surface area is 142 Å². The summed E-state index contributed by atoms with van der Waals surface area (Å²) in [5.41, 5.74) is 2.54. The van der Waals surface area contributed by atoms with Crippen LogP contribution in [-0.2, 0) is 6.42 Å². The van der Waals surface area contributed by atoms with Crippen LogP contribution in [0.25, 0.3) is 5.65 Å². The zero-order valence-electron chi connectivity index (χ0n) is 13.6. The molecule has 4 rings (SSSR count). The van der Waals surface area contributed by atoms with E-state index >= 15 is 0 Å². The number of alkyl halides is 2. The van der Waals surface area contributed by atoms with Gasteiger partial charge in [-0.3, -0.25) is 4.79 Å². The third kappa shape index (κ3) is 2.56. The van der Waals surface area contributed by atoms with E-state index in [0.717, 1.165) is 28.6 Å². The fourth-order valence-electron chi connectivity index (χ4n) is 3.31. The van der Waals surface area contributed by atoms with E-state index in [2.05, 4.69) is 10.1 Å². The number of halogens is 2. The number of carbonyl (C=O) groups is 1. The second-order valence-electron chi connectivity index (χ2n) is 6.11. The topological polar surface area (TPSA) is 50.5 Å². The molecule has 0 unspecified atom stereocenters. The Morgan fingerprint density at radius 1 is 1.28 bits per heavy atom. The molecule has 1 aliphatic rings. The van der Waals surface area contributed by atoms with Gasteiger partial charge < -0.3 is 4.90 Å². The summed E-state index contributed by atoms with van der Waals surface area (Å²) in [7, 11) is 0.